The molecule has 1 atom stereocenters. The summed E-state index contributed by atoms with van der Waals surface area (Å²) in [5, 5.41) is 0.595. The molecule has 94 valence electrons. The molecule has 0 saturated carbocycles. The molecule has 0 saturated heterocycles. The Morgan fingerprint density at radius 2 is 1.50 bits per heavy atom. The van der Waals surface area contributed by atoms with Crippen LogP contribution in [0.4, 0.5) is 4.39 Å². The third kappa shape index (κ3) is 2.97. The SMILES string of the molecule is Fc1ccc(C(c2ccccc2Cl)C(Cl)Cl)cc1. The molecule has 2 rings (SSSR count). The summed E-state index contributed by atoms with van der Waals surface area (Å²) in [5.74, 6) is -0.569. The van der Waals surface area contributed by atoms with Gasteiger partial charge in [-0.1, -0.05) is 41.9 Å². The molecule has 18 heavy (non-hydrogen) atoms. The molecule has 0 aliphatic rings. The first-order chi connectivity index (χ1) is 8.59. The van der Waals surface area contributed by atoms with E-state index in [1.807, 2.05) is 18.2 Å². The molecule has 2 aromatic rings. The number of benzene rings is 2. The fourth-order valence-electron chi connectivity index (χ4n) is 1.86. The molecule has 0 radical (unpaired) electrons. The van der Waals surface area contributed by atoms with Gasteiger partial charge in [0.05, 0.1) is 0 Å². The molecule has 0 amide bonds. The molecule has 0 bridgehead atoms. The summed E-state index contributed by atoms with van der Waals surface area (Å²) in [5.41, 5.74) is 1.67. The second kappa shape index (κ2) is 5.92. The lowest BCUT2D eigenvalue weighted by Crippen LogP contribution is -2.09. The highest BCUT2D eigenvalue weighted by molar-refractivity contribution is 6.45. The van der Waals surface area contributed by atoms with Crippen molar-refractivity contribution in [2.45, 2.75) is 10.8 Å². The fourth-order valence-corrected chi connectivity index (χ4v) is 2.67. The van der Waals surface area contributed by atoms with Crippen molar-refractivity contribution in [2.75, 3.05) is 0 Å². The Bertz CT molecular complexity index is 523. The molecule has 0 heterocycles. The van der Waals surface area contributed by atoms with Crippen LogP contribution in [0.3, 0.4) is 0 Å². The maximum atomic E-state index is 12.9. The molecule has 0 N–H and O–H groups in total. The molecule has 2 aromatic carbocycles. The summed E-state index contributed by atoms with van der Waals surface area (Å²) < 4.78 is 12.9. The normalized spacial score (nSPS) is 12.7. The quantitative estimate of drug-likeness (QED) is 0.665. The third-order valence-corrected chi connectivity index (χ3v) is 3.57. The van der Waals surface area contributed by atoms with Crippen LogP contribution in [0.1, 0.15) is 17.0 Å². The van der Waals surface area contributed by atoms with Gasteiger partial charge in [0.1, 0.15) is 10.7 Å². The highest BCUT2D eigenvalue weighted by Gasteiger charge is 2.23. The van der Waals surface area contributed by atoms with Crippen molar-refractivity contribution >= 4 is 34.8 Å². The van der Waals surface area contributed by atoms with Gasteiger partial charge in [0.25, 0.3) is 0 Å². The van der Waals surface area contributed by atoms with Gasteiger partial charge in [-0.05, 0) is 29.3 Å². The van der Waals surface area contributed by atoms with E-state index in [0.29, 0.717) is 5.02 Å². The summed E-state index contributed by atoms with van der Waals surface area (Å²) in [7, 11) is 0. The van der Waals surface area contributed by atoms with E-state index in [1.165, 1.54) is 12.1 Å². The van der Waals surface area contributed by atoms with Gasteiger partial charge >= 0.3 is 0 Å². The molecular formula is C14H10Cl3F. The number of hydrogen-bond donors (Lipinski definition) is 0. The lowest BCUT2D eigenvalue weighted by molar-refractivity contribution is 0.626. The van der Waals surface area contributed by atoms with Crippen molar-refractivity contribution in [3.63, 3.8) is 0 Å². The van der Waals surface area contributed by atoms with E-state index in [-0.39, 0.29) is 11.7 Å². The van der Waals surface area contributed by atoms with Gasteiger partial charge in [-0.25, -0.2) is 4.39 Å². The minimum atomic E-state index is -0.657. The predicted octanol–water partition coefficient (Wildman–Crippen LogP) is 5.41. The summed E-state index contributed by atoms with van der Waals surface area (Å²) in [6.07, 6.45) is 0. The standard InChI is InChI=1S/C14H10Cl3F/c15-12-4-2-1-3-11(12)13(14(16)17)9-5-7-10(18)8-6-9/h1-8,13-14H. The summed E-state index contributed by atoms with van der Waals surface area (Å²) in [6.45, 7) is 0. The predicted molar refractivity (Wildman–Crippen MR) is 75.2 cm³/mol. The Balaban J connectivity index is 2.47. The monoisotopic (exact) mass is 302 g/mol. The third-order valence-electron chi connectivity index (χ3n) is 2.72. The lowest BCUT2D eigenvalue weighted by atomic mass is 9.93. The van der Waals surface area contributed by atoms with Gasteiger partial charge in [0, 0.05) is 10.9 Å². The molecule has 1 unspecified atom stereocenters. The molecular weight excluding hydrogens is 294 g/mol. The zero-order valence-electron chi connectivity index (χ0n) is 9.29. The maximum absolute atomic E-state index is 12.9. The molecule has 0 nitrogen and oxygen atoms in total. The van der Waals surface area contributed by atoms with Crippen LogP contribution in [-0.4, -0.2) is 4.84 Å². The van der Waals surface area contributed by atoms with Gasteiger partial charge in [0.2, 0.25) is 0 Å². The van der Waals surface area contributed by atoms with Crippen LogP contribution in [0.2, 0.25) is 5.02 Å². The Morgan fingerprint density at radius 3 is 2.06 bits per heavy atom. The zero-order chi connectivity index (χ0) is 13.1. The second-order valence-electron chi connectivity index (χ2n) is 3.89. The van der Waals surface area contributed by atoms with Crippen LogP contribution < -0.4 is 0 Å². The smallest absolute Gasteiger partial charge is 0.123 e. The second-order valence-corrected chi connectivity index (χ2v) is 5.46. The van der Waals surface area contributed by atoms with Crippen molar-refractivity contribution in [2.24, 2.45) is 0 Å². The molecule has 0 fully saturated rings. The van der Waals surface area contributed by atoms with Crippen molar-refractivity contribution in [3.05, 3.63) is 70.5 Å². The number of rotatable bonds is 3. The number of hydrogen-bond acceptors (Lipinski definition) is 0. The number of alkyl halides is 2. The van der Waals surface area contributed by atoms with Gasteiger partial charge in [-0.2, -0.15) is 0 Å². The van der Waals surface area contributed by atoms with Gasteiger partial charge in [0.15, 0.2) is 0 Å². The molecule has 0 spiro atoms. The van der Waals surface area contributed by atoms with Crippen molar-refractivity contribution in [1.82, 2.24) is 0 Å². The van der Waals surface area contributed by atoms with Crippen LogP contribution in [-0.2, 0) is 0 Å². The van der Waals surface area contributed by atoms with Crippen LogP contribution in [0.15, 0.2) is 48.5 Å². The van der Waals surface area contributed by atoms with Gasteiger partial charge in [-0.15, -0.1) is 23.2 Å². The van der Waals surface area contributed by atoms with E-state index < -0.39 is 4.84 Å². The Hall–Kier alpha value is -0.760. The zero-order valence-corrected chi connectivity index (χ0v) is 11.6. The van der Waals surface area contributed by atoms with Crippen LogP contribution >= 0.6 is 34.8 Å². The van der Waals surface area contributed by atoms with E-state index in [1.54, 1.807) is 18.2 Å². The van der Waals surface area contributed by atoms with E-state index in [0.717, 1.165) is 11.1 Å². The van der Waals surface area contributed by atoms with Crippen molar-refractivity contribution in [1.29, 1.82) is 0 Å². The molecule has 0 aromatic heterocycles. The summed E-state index contributed by atoms with van der Waals surface area (Å²) in [6, 6.07) is 13.5. The average Bonchev–Trinajstić information content (AvgIpc) is 2.34. The maximum Gasteiger partial charge on any atom is 0.123 e. The molecule has 0 aliphatic heterocycles. The van der Waals surface area contributed by atoms with Crippen LogP contribution in [0.25, 0.3) is 0 Å². The van der Waals surface area contributed by atoms with E-state index >= 15 is 0 Å². The first-order valence-electron chi connectivity index (χ1n) is 5.37. The van der Waals surface area contributed by atoms with E-state index in [9.17, 15) is 4.39 Å². The highest BCUT2D eigenvalue weighted by atomic mass is 35.5. The first-order valence-corrected chi connectivity index (χ1v) is 6.62. The topological polar surface area (TPSA) is 0 Å². The minimum absolute atomic E-state index is 0.275. The Kier molecular flexibility index (Phi) is 4.50. The fraction of sp³-hybridized carbons (Fsp3) is 0.143. The average molecular weight is 304 g/mol. The summed E-state index contributed by atoms with van der Waals surface area (Å²) >= 11 is 18.2. The van der Waals surface area contributed by atoms with Crippen LogP contribution in [0, 0.1) is 5.82 Å². The number of halogens is 4. The van der Waals surface area contributed by atoms with E-state index in [4.69, 9.17) is 34.8 Å². The van der Waals surface area contributed by atoms with Crippen molar-refractivity contribution in [3.8, 4) is 0 Å². The Labute approximate surface area is 120 Å². The van der Waals surface area contributed by atoms with Crippen molar-refractivity contribution < 1.29 is 4.39 Å². The van der Waals surface area contributed by atoms with Crippen LogP contribution in [0.5, 0.6) is 0 Å². The van der Waals surface area contributed by atoms with Gasteiger partial charge in [-0.3, -0.25) is 0 Å². The largest absolute Gasteiger partial charge is 0.207 e. The van der Waals surface area contributed by atoms with Gasteiger partial charge < -0.3 is 0 Å². The lowest BCUT2D eigenvalue weighted by Gasteiger charge is -2.20. The highest BCUT2D eigenvalue weighted by Crippen LogP contribution is 2.36. The first kappa shape index (κ1) is 13.7. The minimum Gasteiger partial charge on any atom is -0.207 e. The Morgan fingerprint density at radius 1 is 0.889 bits per heavy atom. The van der Waals surface area contributed by atoms with E-state index in [2.05, 4.69) is 0 Å². The summed E-state index contributed by atoms with van der Waals surface area (Å²) in [4.78, 5) is -0.657. The molecule has 4 heteroatoms. The molecule has 0 aliphatic carbocycles.